The van der Waals surface area contributed by atoms with Crippen LogP contribution in [0.15, 0.2) is 24.3 Å². The average molecular weight is 360 g/mol. The molecule has 0 aliphatic carbocycles. The van der Waals surface area contributed by atoms with Gasteiger partial charge in [-0.25, -0.2) is 14.1 Å². The summed E-state index contributed by atoms with van der Waals surface area (Å²) in [6, 6.07) is 6.16. The number of halogens is 1. The Morgan fingerprint density at radius 2 is 1.96 bits per heavy atom. The van der Waals surface area contributed by atoms with Gasteiger partial charge in [-0.15, -0.1) is 5.10 Å². The van der Waals surface area contributed by atoms with Crippen LogP contribution in [-0.2, 0) is 4.79 Å². The molecule has 0 saturated carbocycles. The number of aromatic nitrogens is 3. The normalized spacial score (nSPS) is 20.0. The molecule has 3 rings (SSSR count). The maximum Gasteiger partial charge on any atom is 0.308 e. The number of rotatable bonds is 4. The molecule has 2 atom stereocenters. The molecule has 1 aromatic heterocycles. The van der Waals surface area contributed by atoms with E-state index in [4.69, 9.17) is 0 Å². The first-order valence-corrected chi connectivity index (χ1v) is 8.53. The van der Waals surface area contributed by atoms with Crippen LogP contribution in [0.1, 0.15) is 43.1 Å². The summed E-state index contributed by atoms with van der Waals surface area (Å²) in [6.07, 6.45) is 0. The summed E-state index contributed by atoms with van der Waals surface area (Å²) >= 11 is 0. The van der Waals surface area contributed by atoms with Crippen molar-refractivity contribution in [1.29, 1.82) is 0 Å². The highest BCUT2D eigenvalue weighted by Gasteiger charge is 2.38. The molecule has 0 radical (unpaired) electrons. The van der Waals surface area contributed by atoms with Crippen LogP contribution in [-0.4, -0.2) is 49.7 Å². The fourth-order valence-electron chi connectivity index (χ4n) is 3.18. The lowest BCUT2D eigenvalue weighted by molar-refractivity contribution is -0.142. The van der Waals surface area contributed by atoms with Crippen molar-refractivity contribution < 1.29 is 19.1 Å². The third kappa shape index (κ3) is 3.18. The zero-order chi connectivity index (χ0) is 19.0. The van der Waals surface area contributed by atoms with Crippen LogP contribution in [0.25, 0.3) is 5.69 Å². The molecule has 0 spiro atoms. The molecule has 0 bridgehead atoms. The van der Waals surface area contributed by atoms with Gasteiger partial charge in [0.1, 0.15) is 17.3 Å². The number of hydrogen-bond acceptors (Lipinski definition) is 4. The van der Waals surface area contributed by atoms with Gasteiger partial charge in [0.25, 0.3) is 5.91 Å². The molecule has 26 heavy (non-hydrogen) atoms. The predicted octanol–water partition coefficient (Wildman–Crippen LogP) is 2.32. The number of aliphatic carboxylic acids is 1. The molecule has 2 aromatic rings. The second-order valence-corrected chi connectivity index (χ2v) is 6.94. The van der Waals surface area contributed by atoms with Gasteiger partial charge in [-0.2, -0.15) is 0 Å². The SMILES string of the molecule is CC(C)c1nc(C(=O)N2C[C@@H](C)[C@H](C(=O)O)C2)nn1-c1ccccc1F. The van der Waals surface area contributed by atoms with Gasteiger partial charge in [0.05, 0.1) is 5.92 Å². The van der Waals surface area contributed by atoms with Gasteiger partial charge in [-0.05, 0) is 18.1 Å². The summed E-state index contributed by atoms with van der Waals surface area (Å²) in [6.45, 7) is 6.03. The lowest BCUT2D eigenvalue weighted by Gasteiger charge is -2.13. The summed E-state index contributed by atoms with van der Waals surface area (Å²) < 4.78 is 15.5. The molecular formula is C18H21FN4O3. The lowest BCUT2D eigenvalue weighted by Crippen LogP contribution is -2.30. The number of nitrogens with zero attached hydrogens (tertiary/aromatic N) is 4. The molecular weight excluding hydrogens is 339 g/mol. The Morgan fingerprint density at radius 1 is 1.27 bits per heavy atom. The van der Waals surface area contributed by atoms with Crippen molar-refractivity contribution in [1.82, 2.24) is 19.7 Å². The van der Waals surface area contributed by atoms with Gasteiger partial charge in [-0.1, -0.05) is 32.9 Å². The molecule has 1 amide bonds. The van der Waals surface area contributed by atoms with Gasteiger partial charge < -0.3 is 10.0 Å². The van der Waals surface area contributed by atoms with E-state index in [2.05, 4.69) is 10.1 Å². The Hall–Kier alpha value is -2.77. The molecule has 0 unspecified atom stereocenters. The van der Waals surface area contributed by atoms with Crippen molar-refractivity contribution in [3.8, 4) is 5.69 Å². The Kier molecular flexibility index (Phi) is 4.76. The Bertz CT molecular complexity index is 849. The third-order valence-electron chi connectivity index (χ3n) is 4.64. The Labute approximate surface area is 150 Å². The minimum atomic E-state index is -0.916. The predicted molar refractivity (Wildman–Crippen MR) is 91.6 cm³/mol. The van der Waals surface area contributed by atoms with Gasteiger partial charge in [0, 0.05) is 19.0 Å². The van der Waals surface area contributed by atoms with Crippen LogP contribution in [0.5, 0.6) is 0 Å². The highest BCUT2D eigenvalue weighted by molar-refractivity contribution is 5.91. The van der Waals surface area contributed by atoms with Crippen LogP contribution in [0.2, 0.25) is 0 Å². The lowest BCUT2D eigenvalue weighted by atomic mass is 9.99. The van der Waals surface area contributed by atoms with E-state index in [-0.39, 0.29) is 29.9 Å². The third-order valence-corrected chi connectivity index (χ3v) is 4.64. The number of hydrogen-bond donors (Lipinski definition) is 1. The van der Waals surface area contributed by atoms with Gasteiger partial charge in [0.15, 0.2) is 0 Å². The molecule has 7 nitrogen and oxygen atoms in total. The van der Waals surface area contributed by atoms with Crippen LogP contribution < -0.4 is 0 Å². The number of benzene rings is 1. The largest absolute Gasteiger partial charge is 0.481 e. The first-order valence-electron chi connectivity index (χ1n) is 8.53. The van der Waals surface area contributed by atoms with Gasteiger partial charge >= 0.3 is 5.97 Å². The minimum Gasteiger partial charge on any atom is -0.481 e. The molecule has 1 aliphatic rings. The monoisotopic (exact) mass is 360 g/mol. The number of likely N-dealkylation sites (tertiary alicyclic amines) is 1. The van der Waals surface area contributed by atoms with Crippen molar-refractivity contribution in [2.24, 2.45) is 11.8 Å². The second-order valence-electron chi connectivity index (χ2n) is 6.94. The van der Waals surface area contributed by atoms with Crippen LogP contribution >= 0.6 is 0 Å². The molecule has 1 N–H and O–H groups in total. The van der Waals surface area contributed by atoms with Crippen LogP contribution in [0.3, 0.4) is 0 Å². The highest BCUT2D eigenvalue weighted by Crippen LogP contribution is 2.25. The number of carboxylic acid groups (broad SMARTS) is 1. The van der Waals surface area contributed by atoms with E-state index >= 15 is 0 Å². The smallest absolute Gasteiger partial charge is 0.308 e. The molecule has 1 saturated heterocycles. The van der Waals surface area contributed by atoms with Gasteiger partial charge in [0.2, 0.25) is 5.82 Å². The number of carbonyl (C=O) groups excluding carboxylic acids is 1. The number of carbonyl (C=O) groups is 2. The average Bonchev–Trinajstić information content (AvgIpc) is 3.19. The Balaban J connectivity index is 1.95. The molecule has 1 aliphatic heterocycles. The fourth-order valence-corrected chi connectivity index (χ4v) is 3.18. The summed E-state index contributed by atoms with van der Waals surface area (Å²) in [5.74, 6) is -2.20. The Morgan fingerprint density at radius 3 is 2.54 bits per heavy atom. The molecule has 2 heterocycles. The summed E-state index contributed by atoms with van der Waals surface area (Å²) in [4.78, 5) is 29.8. The number of carboxylic acids is 1. The molecule has 138 valence electrons. The molecule has 8 heteroatoms. The van der Waals surface area contributed by atoms with E-state index in [0.717, 1.165) is 0 Å². The van der Waals surface area contributed by atoms with E-state index < -0.39 is 23.6 Å². The van der Waals surface area contributed by atoms with Crippen molar-refractivity contribution in [3.63, 3.8) is 0 Å². The quantitative estimate of drug-likeness (QED) is 0.904. The van der Waals surface area contributed by atoms with E-state index in [0.29, 0.717) is 12.4 Å². The summed E-state index contributed by atoms with van der Waals surface area (Å²) in [5.41, 5.74) is 0.223. The maximum absolute atomic E-state index is 14.2. The molecule has 1 fully saturated rings. The van der Waals surface area contributed by atoms with Crippen molar-refractivity contribution >= 4 is 11.9 Å². The second kappa shape index (κ2) is 6.86. The van der Waals surface area contributed by atoms with Crippen LogP contribution in [0, 0.1) is 17.7 Å². The first kappa shape index (κ1) is 18.0. The van der Waals surface area contributed by atoms with Crippen molar-refractivity contribution in [3.05, 3.63) is 41.7 Å². The van der Waals surface area contributed by atoms with Gasteiger partial charge in [-0.3, -0.25) is 9.59 Å². The zero-order valence-electron chi connectivity index (χ0n) is 14.9. The summed E-state index contributed by atoms with van der Waals surface area (Å²) in [5, 5.41) is 13.5. The van der Waals surface area contributed by atoms with Crippen LogP contribution in [0.4, 0.5) is 4.39 Å². The van der Waals surface area contributed by atoms with Crippen molar-refractivity contribution in [2.45, 2.75) is 26.7 Å². The minimum absolute atomic E-state index is 0.0461. The van der Waals surface area contributed by atoms with E-state index in [1.165, 1.54) is 15.6 Å². The van der Waals surface area contributed by atoms with E-state index in [9.17, 15) is 19.1 Å². The standard InChI is InChI=1S/C18H21FN4O3/c1-10(2)16-20-15(21-23(16)14-7-5-4-6-13(14)19)17(24)22-8-11(3)12(9-22)18(25)26/h4-7,10-12H,8-9H2,1-3H3,(H,25,26)/t11-,12-/m1/s1. The van der Waals surface area contributed by atoms with Crippen molar-refractivity contribution in [2.75, 3.05) is 13.1 Å². The number of para-hydroxylation sites is 1. The van der Waals surface area contributed by atoms with E-state index in [1.54, 1.807) is 25.1 Å². The zero-order valence-corrected chi connectivity index (χ0v) is 14.9. The molecule has 1 aromatic carbocycles. The first-order chi connectivity index (χ1) is 12.3. The fraction of sp³-hybridized carbons (Fsp3) is 0.444. The van der Waals surface area contributed by atoms with E-state index in [1.807, 2.05) is 13.8 Å². The summed E-state index contributed by atoms with van der Waals surface area (Å²) in [7, 11) is 0. The maximum atomic E-state index is 14.2. The topological polar surface area (TPSA) is 88.3 Å². The number of amides is 1. The highest BCUT2D eigenvalue weighted by atomic mass is 19.1.